The molecule has 4 rings (SSSR count). The third-order valence-electron chi connectivity index (χ3n) is 4.91. The molecule has 0 saturated carbocycles. The Morgan fingerprint density at radius 1 is 1.11 bits per heavy atom. The Hall–Kier alpha value is -3.19. The van der Waals surface area contributed by atoms with Crippen molar-refractivity contribution >= 4 is 17.3 Å². The molecule has 1 aliphatic heterocycles. The molecule has 144 valence electrons. The Morgan fingerprint density at radius 2 is 1.86 bits per heavy atom. The lowest BCUT2D eigenvalue weighted by atomic mass is 10.1. The van der Waals surface area contributed by atoms with Gasteiger partial charge in [0, 0.05) is 24.8 Å². The topological polar surface area (TPSA) is 75.9 Å². The van der Waals surface area contributed by atoms with E-state index in [2.05, 4.69) is 10.4 Å². The molecule has 1 fully saturated rings. The second-order valence-corrected chi connectivity index (χ2v) is 6.82. The Kier molecular flexibility index (Phi) is 5.08. The van der Waals surface area contributed by atoms with E-state index in [0.717, 1.165) is 11.1 Å². The molecule has 0 unspecified atom stereocenters. The molecule has 1 saturated heterocycles. The van der Waals surface area contributed by atoms with Crippen molar-refractivity contribution in [3.63, 3.8) is 0 Å². The average molecular weight is 378 g/mol. The maximum Gasteiger partial charge on any atom is 0.272 e. The summed E-state index contributed by atoms with van der Waals surface area (Å²) in [6.07, 6.45) is 1.81. The van der Waals surface area contributed by atoms with Crippen LogP contribution in [0.3, 0.4) is 0 Å². The van der Waals surface area contributed by atoms with E-state index >= 15 is 0 Å². The van der Waals surface area contributed by atoms with E-state index in [4.69, 9.17) is 4.74 Å². The number of carbonyl (C=O) groups is 2. The van der Waals surface area contributed by atoms with Gasteiger partial charge in [0.05, 0.1) is 24.8 Å². The summed E-state index contributed by atoms with van der Waals surface area (Å²) >= 11 is 0. The number of benzene rings is 1. The molecule has 28 heavy (non-hydrogen) atoms. The number of nitrogens with one attached hydrogen (secondary N) is 1. The lowest BCUT2D eigenvalue weighted by Gasteiger charge is -2.27. The first kappa shape index (κ1) is 18.2. The van der Waals surface area contributed by atoms with E-state index in [9.17, 15) is 9.59 Å². The predicted octanol–water partition coefficient (Wildman–Crippen LogP) is 2.30. The van der Waals surface area contributed by atoms with Gasteiger partial charge in [-0.25, -0.2) is 4.52 Å². The normalized spacial score (nSPS) is 15.4. The molecule has 0 bridgehead atoms. The molecule has 1 aromatic carbocycles. The van der Waals surface area contributed by atoms with Crippen LogP contribution in [0, 0.1) is 0 Å². The number of carbonyl (C=O) groups excluding carboxylic acids is 2. The number of fused-ring (bicyclic) bond motifs is 1. The van der Waals surface area contributed by atoms with Crippen LogP contribution < -0.4 is 5.32 Å². The molecule has 2 aromatic heterocycles. The van der Waals surface area contributed by atoms with E-state index in [1.54, 1.807) is 33.8 Å². The van der Waals surface area contributed by atoms with E-state index in [-0.39, 0.29) is 17.9 Å². The molecule has 0 radical (unpaired) electrons. The highest BCUT2D eigenvalue weighted by Gasteiger charge is 2.19. The first-order chi connectivity index (χ1) is 13.6. The number of hydrogen-bond donors (Lipinski definition) is 1. The van der Waals surface area contributed by atoms with E-state index < -0.39 is 0 Å². The summed E-state index contributed by atoms with van der Waals surface area (Å²) < 4.78 is 6.96. The number of hydrogen-bond acceptors (Lipinski definition) is 4. The molecular formula is C21H22N4O3. The van der Waals surface area contributed by atoms with Crippen LogP contribution in [-0.2, 0) is 4.74 Å². The fraction of sp³-hybridized carbons (Fsp3) is 0.286. The second-order valence-electron chi connectivity index (χ2n) is 6.82. The number of rotatable bonds is 4. The van der Waals surface area contributed by atoms with Crippen molar-refractivity contribution in [3.05, 3.63) is 71.5 Å². The van der Waals surface area contributed by atoms with Crippen LogP contribution in [0.15, 0.2) is 54.7 Å². The van der Waals surface area contributed by atoms with Gasteiger partial charge in [0.1, 0.15) is 0 Å². The van der Waals surface area contributed by atoms with Gasteiger partial charge >= 0.3 is 0 Å². The van der Waals surface area contributed by atoms with Crippen molar-refractivity contribution in [2.45, 2.75) is 13.0 Å². The minimum absolute atomic E-state index is 0.0104. The second kappa shape index (κ2) is 7.82. The Bertz CT molecular complexity index is 957. The highest BCUT2D eigenvalue weighted by atomic mass is 16.5. The molecule has 1 N–H and O–H groups in total. The molecule has 1 atom stereocenters. The van der Waals surface area contributed by atoms with E-state index in [1.165, 1.54) is 0 Å². The molecule has 0 spiro atoms. The van der Waals surface area contributed by atoms with Crippen LogP contribution >= 0.6 is 0 Å². The number of ether oxygens (including phenoxy) is 1. The molecule has 0 aliphatic carbocycles. The summed E-state index contributed by atoms with van der Waals surface area (Å²) in [6, 6.07) is 14.6. The highest BCUT2D eigenvalue weighted by molar-refractivity contribution is 5.95. The third kappa shape index (κ3) is 3.75. The maximum absolute atomic E-state index is 12.5. The Balaban J connectivity index is 1.42. The predicted molar refractivity (Wildman–Crippen MR) is 104 cm³/mol. The summed E-state index contributed by atoms with van der Waals surface area (Å²) in [7, 11) is 0. The van der Waals surface area contributed by atoms with E-state index in [0.29, 0.717) is 37.6 Å². The van der Waals surface area contributed by atoms with Gasteiger partial charge in [0.15, 0.2) is 5.69 Å². The highest BCUT2D eigenvalue weighted by Crippen LogP contribution is 2.16. The zero-order valence-corrected chi connectivity index (χ0v) is 15.7. The Labute approximate surface area is 162 Å². The monoisotopic (exact) mass is 378 g/mol. The summed E-state index contributed by atoms with van der Waals surface area (Å²) in [5, 5.41) is 7.25. The van der Waals surface area contributed by atoms with Crippen molar-refractivity contribution in [1.82, 2.24) is 19.8 Å². The number of amides is 2. The largest absolute Gasteiger partial charge is 0.378 e. The van der Waals surface area contributed by atoms with Crippen LogP contribution in [0.2, 0.25) is 0 Å². The van der Waals surface area contributed by atoms with Gasteiger partial charge in [0.25, 0.3) is 11.8 Å². The SMILES string of the molecule is C[C@@H](NC(=O)c1cc2ccccn2n1)c1ccc(C(=O)N2CCOCC2)cc1. The number of morpholine rings is 1. The molecule has 3 aromatic rings. The standard InChI is InChI=1S/C21H22N4O3/c1-15(22-20(26)19-14-18-4-2-3-9-25(18)23-19)16-5-7-17(8-6-16)21(27)24-10-12-28-13-11-24/h2-9,14-15H,10-13H2,1H3,(H,22,26)/t15-/m1/s1. The summed E-state index contributed by atoms with van der Waals surface area (Å²) in [6.45, 7) is 4.30. The first-order valence-corrected chi connectivity index (χ1v) is 9.34. The van der Waals surface area contributed by atoms with Crippen LogP contribution in [0.4, 0.5) is 0 Å². The van der Waals surface area contributed by atoms with Crippen LogP contribution in [0.5, 0.6) is 0 Å². The molecule has 1 aliphatic rings. The summed E-state index contributed by atoms with van der Waals surface area (Å²) in [4.78, 5) is 26.8. The minimum atomic E-state index is -0.232. The average Bonchev–Trinajstić information content (AvgIpc) is 3.18. The lowest BCUT2D eigenvalue weighted by molar-refractivity contribution is 0.0303. The van der Waals surface area contributed by atoms with Crippen molar-refractivity contribution in [3.8, 4) is 0 Å². The van der Waals surface area contributed by atoms with Crippen molar-refractivity contribution in [2.24, 2.45) is 0 Å². The van der Waals surface area contributed by atoms with Crippen molar-refractivity contribution in [2.75, 3.05) is 26.3 Å². The molecule has 3 heterocycles. The quantitative estimate of drug-likeness (QED) is 0.756. The van der Waals surface area contributed by atoms with Crippen molar-refractivity contribution in [1.29, 1.82) is 0 Å². The number of aromatic nitrogens is 2. The van der Waals surface area contributed by atoms with Gasteiger partial charge in [-0.1, -0.05) is 18.2 Å². The number of nitrogens with zero attached hydrogens (tertiary/aromatic N) is 3. The van der Waals surface area contributed by atoms with Gasteiger partial charge in [0.2, 0.25) is 0 Å². The van der Waals surface area contributed by atoms with Gasteiger partial charge in [-0.3, -0.25) is 9.59 Å². The maximum atomic E-state index is 12.5. The summed E-state index contributed by atoms with van der Waals surface area (Å²) in [5.41, 5.74) is 2.81. The molecule has 7 nitrogen and oxygen atoms in total. The van der Waals surface area contributed by atoms with Crippen LogP contribution in [0.25, 0.3) is 5.52 Å². The third-order valence-corrected chi connectivity index (χ3v) is 4.91. The smallest absolute Gasteiger partial charge is 0.272 e. The molecule has 7 heteroatoms. The summed E-state index contributed by atoms with van der Waals surface area (Å²) in [5.74, 6) is -0.221. The fourth-order valence-electron chi connectivity index (χ4n) is 3.27. The lowest BCUT2D eigenvalue weighted by Crippen LogP contribution is -2.40. The molecule has 2 amide bonds. The van der Waals surface area contributed by atoms with Gasteiger partial charge < -0.3 is 15.0 Å². The fourth-order valence-corrected chi connectivity index (χ4v) is 3.27. The van der Waals surface area contributed by atoms with Crippen LogP contribution in [0.1, 0.15) is 39.4 Å². The zero-order chi connectivity index (χ0) is 19.5. The van der Waals surface area contributed by atoms with Gasteiger partial charge in [-0.05, 0) is 42.8 Å². The number of pyridine rings is 1. The minimum Gasteiger partial charge on any atom is -0.378 e. The van der Waals surface area contributed by atoms with Gasteiger partial charge in [-0.15, -0.1) is 0 Å². The van der Waals surface area contributed by atoms with Crippen molar-refractivity contribution < 1.29 is 14.3 Å². The van der Waals surface area contributed by atoms with Gasteiger partial charge in [-0.2, -0.15) is 5.10 Å². The zero-order valence-electron chi connectivity index (χ0n) is 15.7. The molecular weight excluding hydrogens is 356 g/mol. The van der Waals surface area contributed by atoms with E-state index in [1.807, 2.05) is 37.3 Å². The Morgan fingerprint density at radius 3 is 2.57 bits per heavy atom. The van der Waals surface area contributed by atoms with Crippen LogP contribution in [-0.4, -0.2) is 52.6 Å². The first-order valence-electron chi connectivity index (χ1n) is 9.34.